The number of esters is 1. The molecular formula is C16H17NO4S. The molecule has 2 rings (SSSR count). The van der Waals surface area contributed by atoms with E-state index in [2.05, 4.69) is 5.32 Å². The SMILES string of the molecule is CCOc1ccc(NC(=O)COC(=O)Cc2cccs2)cc1. The Kier molecular flexibility index (Phi) is 5.97. The number of amides is 1. The normalized spacial score (nSPS) is 10.0. The smallest absolute Gasteiger partial charge is 0.311 e. The lowest BCUT2D eigenvalue weighted by atomic mass is 10.3. The molecular weight excluding hydrogens is 302 g/mol. The number of benzene rings is 1. The monoisotopic (exact) mass is 319 g/mol. The Morgan fingerprint density at radius 3 is 2.59 bits per heavy atom. The highest BCUT2D eigenvalue weighted by atomic mass is 32.1. The largest absolute Gasteiger partial charge is 0.494 e. The molecule has 0 saturated heterocycles. The Hall–Kier alpha value is -2.34. The summed E-state index contributed by atoms with van der Waals surface area (Å²) in [4.78, 5) is 24.2. The van der Waals surface area contributed by atoms with Gasteiger partial charge in [0.05, 0.1) is 13.0 Å². The fraction of sp³-hybridized carbons (Fsp3) is 0.250. The fourth-order valence-corrected chi connectivity index (χ4v) is 2.44. The molecule has 0 aliphatic heterocycles. The zero-order valence-corrected chi connectivity index (χ0v) is 13.0. The van der Waals surface area contributed by atoms with E-state index in [1.165, 1.54) is 11.3 Å². The van der Waals surface area contributed by atoms with Crippen LogP contribution in [0.1, 0.15) is 11.8 Å². The van der Waals surface area contributed by atoms with Gasteiger partial charge in [-0.2, -0.15) is 0 Å². The van der Waals surface area contributed by atoms with Crippen molar-refractivity contribution in [1.82, 2.24) is 0 Å². The quantitative estimate of drug-likeness (QED) is 0.797. The fourth-order valence-electron chi connectivity index (χ4n) is 1.75. The average molecular weight is 319 g/mol. The Bertz CT molecular complexity index is 608. The van der Waals surface area contributed by atoms with Gasteiger partial charge in [0.2, 0.25) is 0 Å². The van der Waals surface area contributed by atoms with E-state index in [-0.39, 0.29) is 18.9 Å². The van der Waals surface area contributed by atoms with Crippen LogP contribution in [-0.4, -0.2) is 25.1 Å². The summed E-state index contributed by atoms with van der Waals surface area (Å²) in [6.07, 6.45) is 0.188. The van der Waals surface area contributed by atoms with Crippen molar-refractivity contribution in [2.45, 2.75) is 13.3 Å². The average Bonchev–Trinajstić information content (AvgIpc) is 3.00. The summed E-state index contributed by atoms with van der Waals surface area (Å²) in [6, 6.07) is 10.7. The zero-order valence-electron chi connectivity index (χ0n) is 12.2. The third kappa shape index (κ3) is 5.21. The molecule has 0 bridgehead atoms. The molecule has 0 spiro atoms. The van der Waals surface area contributed by atoms with E-state index in [0.717, 1.165) is 10.6 Å². The minimum Gasteiger partial charge on any atom is -0.494 e. The van der Waals surface area contributed by atoms with Gasteiger partial charge in [-0.1, -0.05) is 6.07 Å². The van der Waals surface area contributed by atoms with Gasteiger partial charge < -0.3 is 14.8 Å². The van der Waals surface area contributed by atoms with Crippen molar-refractivity contribution < 1.29 is 19.1 Å². The molecule has 0 fully saturated rings. The number of carbonyl (C=O) groups is 2. The molecule has 0 aliphatic carbocycles. The summed E-state index contributed by atoms with van der Waals surface area (Å²) in [6.45, 7) is 2.20. The molecule has 6 heteroatoms. The predicted octanol–water partition coefficient (Wildman–Crippen LogP) is 2.87. The first-order valence-electron chi connectivity index (χ1n) is 6.88. The molecule has 0 radical (unpaired) electrons. The predicted molar refractivity (Wildman–Crippen MR) is 85.2 cm³/mol. The van der Waals surface area contributed by atoms with Crippen molar-refractivity contribution in [3.8, 4) is 5.75 Å². The number of rotatable bonds is 7. The lowest BCUT2D eigenvalue weighted by molar-refractivity contribution is -0.146. The highest BCUT2D eigenvalue weighted by Gasteiger charge is 2.09. The molecule has 0 atom stereocenters. The van der Waals surface area contributed by atoms with Crippen LogP contribution >= 0.6 is 11.3 Å². The lowest BCUT2D eigenvalue weighted by Crippen LogP contribution is -2.21. The second-order valence-corrected chi connectivity index (χ2v) is 5.45. The topological polar surface area (TPSA) is 64.6 Å². The van der Waals surface area contributed by atoms with Crippen LogP contribution in [-0.2, 0) is 20.7 Å². The lowest BCUT2D eigenvalue weighted by Gasteiger charge is -2.07. The van der Waals surface area contributed by atoms with Gasteiger partial charge in [-0.3, -0.25) is 9.59 Å². The van der Waals surface area contributed by atoms with Crippen molar-refractivity contribution in [1.29, 1.82) is 0 Å². The van der Waals surface area contributed by atoms with E-state index in [0.29, 0.717) is 12.3 Å². The molecule has 1 amide bonds. The van der Waals surface area contributed by atoms with Gasteiger partial charge >= 0.3 is 5.97 Å². The van der Waals surface area contributed by atoms with E-state index in [9.17, 15) is 9.59 Å². The summed E-state index contributed by atoms with van der Waals surface area (Å²) in [5.41, 5.74) is 0.628. The second kappa shape index (κ2) is 8.19. The number of nitrogens with one attached hydrogen (secondary N) is 1. The Labute approximate surface area is 132 Å². The molecule has 116 valence electrons. The molecule has 0 unspecified atom stereocenters. The molecule has 1 aromatic carbocycles. The van der Waals surface area contributed by atoms with E-state index in [4.69, 9.17) is 9.47 Å². The maximum Gasteiger partial charge on any atom is 0.311 e. The first kappa shape index (κ1) is 16.0. The Morgan fingerprint density at radius 2 is 1.95 bits per heavy atom. The molecule has 1 heterocycles. The number of hydrogen-bond donors (Lipinski definition) is 1. The standard InChI is InChI=1S/C16H17NO4S/c1-2-20-13-7-5-12(6-8-13)17-15(18)11-21-16(19)10-14-4-3-9-22-14/h3-9H,2,10-11H2,1H3,(H,17,18). The summed E-state index contributed by atoms with van der Waals surface area (Å²) in [5, 5.41) is 4.55. The molecule has 0 saturated carbocycles. The maximum atomic E-state index is 11.7. The number of carbonyl (C=O) groups excluding carboxylic acids is 2. The van der Waals surface area contributed by atoms with Crippen LogP contribution in [0.25, 0.3) is 0 Å². The van der Waals surface area contributed by atoms with Gasteiger partial charge in [0.25, 0.3) is 5.91 Å². The number of ether oxygens (including phenoxy) is 2. The number of anilines is 1. The van der Waals surface area contributed by atoms with Crippen molar-refractivity contribution in [2.24, 2.45) is 0 Å². The van der Waals surface area contributed by atoms with Gasteiger partial charge in [-0.25, -0.2) is 0 Å². The van der Waals surface area contributed by atoms with Gasteiger partial charge in [-0.15, -0.1) is 11.3 Å². The van der Waals surface area contributed by atoms with Gasteiger partial charge in [0, 0.05) is 10.6 Å². The summed E-state index contributed by atoms with van der Waals surface area (Å²) >= 11 is 1.48. The van der Waals surface area contributed by atoms with Crippen LogP contribution in [0.3, 0.4) is 0 Å². The van der Waals surface area contributed by atoms with Crippen LogP contribution < -0.4 is 10.1 Å². The minimum absolute atomic E-state index is 0.188. The van der Waals surface area contributed by atoms with Gasteiger partial charge in [-0.05, 0) is 42.6 Å². The maximum absolute atomic E-state index is 11.7. The van der Waals surface area contributed by atoms with E-state index < -0.39 is 5.97 Å². The molecule has 0 aliphatic rings. The minimum atomic E-state index is -0.413. The van der Waals surface area contributed by atoms with E-state index in [1.807, 2.05) is 24.4 Å². The Balaban J connectivity index is 1.74. The number of hydrogen-bond acceptors (Lipinski definition) is 5. The van der Waals surface area contributed by atoms with Crippen molar-refractivity contribution in [2.75, 3.05) is 18.5 Å². The van der Waals surface area contributed by atoms with Crippen molar-refractivity contribution >= 4 is 28.9 Å². The summed E-state index contributed by atoms with van der Waals surface area (Å²) in [7, 11) is 0. The first-order chi connectivity index (χ1) is 10.7. The zero-order chi connectivity index (χ0) is 15.8. The molecule has 5 nitrogen and oxygen atoms in total. The van der Waals surface area contributed by atoms with Crippen LogP contribution in [0.2, 0.25) is 0 Å². The third-order valence-corrected chi connectivity index (χ3v) is 3.59. The van der Waals surface area contributed by atoms with Crippen LogP contribution in [0, 0.1) is 0 Å². The highest BCUT2D eigenvalue weighted by Crippen LogP contribution is 2.15. The first-order valence-corrected chi connectivity index (χ1v) is 7.76. The van der Waals surface area contributed by atoms with Crippen LogP contribution in [0.4, 0.5) is 5.69 Å². The molecule has 2 aromatic rings. The van der Waals surface area contributed by atoms with Crippen LogP contribution in [0.15, 0.2) is 41.8 Å². The third-order valence-electron chi connectivity index (χ3n) is 2.71. The summed E-state index contributed by atoms with van der Waals surface area (Å²) < 4.78 is 10.3. The van der Waals surface area contributed by atoms with Crippen molar-refractivity contribution in [3.63, 3.8) is 0 Å². The van der Waals surface area contributed by atoms with E-state index in [1.54, 1.807) is 24.3 Å². The number of thiophene rings is 1. The van der Waals surface area contributed by atoms with E-state index >= 15 is 0 Å². The van der Waals surface area contributed by atoms with Crippen LogP contribution in [0.5, 0.6) is 5.75 Å². The highest BCUT2D eigenvalue weighted by molar-refractivity contribution is 7.10. The van der Waals surface area contributed by atoms with Crippen molar-refractivity contribution in [3.05, 3.63) is 46.7 Å². The molecule has 1 aromatic heterocycles. The second-order valence-electron chi connectivity index (χ2n) is 4.42. The Morgan fingerprint density at radius 1 is 1.18 bits per heavy atom. The van der Waals surface area contributed by atoms with Gasteiger partial charge in [0.15, 0.2) is 6.61 Å². The summed E-state index contributed by atoms with van der Waals surface area (Å²) in [5.74, 6) is -0.0455. The van der Waals surface area contributed by atoms with Gasteiger partial charge in [0.1, 0.15) is 5.75 Å². The molecule has 1 N–H and O–H groups in total. The molecule has 22 heavy (non-hydrogen) atoms.